The minimum Gasteiger partial charge on any atom is -0.317 e. The number of hydrogen-bond donors (Lipinski definition) is 2. The van der Waals surface area contributed by atoms with Crippen molar-refractivity contribution >= 4 is 23.3 Å². The molecule has 1 fully saturated rings. The second-order valence-corrected chi connectivity index (χ2v) is 4.25. The molecule has 0 spiro atoms. The molecule has 16 heavy (non-hydrogen) atoms. The molecule has 2 rings (SSSR count). The molecule has 1 aromatic heterocycles. The average Bonchev–Trinajstić information content (AvgIpc) is 2.30. The van der Waals surface area contributed by atoms with E-state index in [9.17, 15) is 4.79 Å². The molecule has 2 heterocycles. The van der Waals surface area contributed by atoms with Gasteiger partial charge in [0.25, 0.3) is 0 Å². The molecule has 5 heteroatoms. The van der Waals surface area contributed by atoms with E-state index < -0.39 is 0 Å². The molecule has 0 atom stereocenters. The molecule has 0 bridgehead atoms. The normalized spacial score (nSPS) is 17.1. The number of rotatable bonds is 2. The Morgan fingerprint density at radius 1 is 1.44 bits per heavy atom. The first-order valence-electron chi connectivity index (χ1n) is 5.40. The topological polar surface area (TPSA) is 54.0 Å². The lowest BCUT2D eigenvalue weighted by Gasteiger charge is -2.21. The van der Waals surface area contributed by atoms with E-state index in [1.165, 1.54) is 0 Å². The quantitative estimate of drug-likeness (QED) is 0.772. The SMILES string of the molecule is O=C(Nc1cccc(Cl)n1)C1CCNCC1. The average molecular weight is 240 g/mol. The summed E-state index contributed by atoms with van der Waals surface area (Å²) in [6.07, 6.45) is 1.76. The molecular formula is C11H14ClN3O. The van der Waals surface area contributed by atoms with Crippen LogP contribution in [0.15, 0.2) is 18.2 Å². The van der Waals surface area contributed by atoms with Gasteiger partial charge in [-0.15, -0.1) is 0 Å². The van der Waals surface area contributed by atoms with E-state index in [0.717, 1.165) is 25.9 Å². The zero-order chi connectivity index (χ0) is 11.4. The highest BCUT2D eigenvalue weighted by Crippen LogP contribution is 2.15. The molecule has 1 aliphatic heterocycles. The van der Waals surface area contributed by atoms with Gasteiger partial charge < -0.3 is 10.6 Å². The lowest BCUT2D eigenvalue weighted by molar-refractivity contribution is -0.120. The van der Waals surface area contributed by atoms with Gasteiger partial charge in [-0.2, -0.15) is 0 Å². The Morgan fingerprint density at radius 2 is 2.19 bits per heavy atom. The molecule has 1 amide bonds. The largest absolute Gasteiger partial charge is 0.317 e. The number of halogens is 1. The van der Waals surface area contributed by atoms with Crippen LogP contribution in [-0.4, -0.2) is 24.0 Å². The van der Waals surface area contributed by atoms with Crippen LogP contribution >= 0.6 is 11.6 Å². The summed E-state index contributed by atoms with van der Waals surface area (Å²) in [7, 11) is 0. The number of piperidine rings is 1. The molecule has 0 radical (unpaired) electrons. The number of nitrogens with zero attached hydrogens (tertiary/aromatic N) is 1. The number of pyridine rings is 1. The first-order valence-corrected chi connectivity index (χ1v) is 5.77. The third-order valence-electron chi connectivity index (χ3n) is 2.68. The van der Waals surface area contributed by atoms with Crippen molar-refractivity contribution in [3.63, 3.8) is 0 Å². The van der Waals surface area contributed by atoms with Crippen molar-refractivity contribution in [1.82, 2.24) is 10.3 Å². The third-order valence-corrected chi connectivity index (χ3v) is 2.89. The summed E-state index contributed by atoms with van der Waals surface area (Å²) < 4.78 is 0. The summed E-state index contributed by atoms with van der Waals surface area (Å²) >= 11 is 5.74. The van der Waals surface area contributed by atoms with E-state index in [2.05, 4.69) is 15.6 Å². The van der Waals surface area contributed by atoms with Gasteiger partial charge in [0, 0.05) is 5.92 Å². The smallest absolute Gasteiger partial charge is 0.228 e. The van der Waals surface area contributed by atoms with Gasteiger partial charge in [0.2, 0.25) is 5.91 Å². The van der Waals surface area contributed by atoms with Gasteiger partial charge in [-0.05, 0) is 38.1 Å². The first-order chi connectivity index (χ1) is 7.75. The number of amides is 1. The standard InChI is InChI=1S/C11H14ClN3O/c12-9-2-1-3-10(14-9)15-11(16)8-4-6-13-7-5-8/h1-3,8,13H,4-7H2,(H,14,15,16). The Kier molecular flexibility index (Phi) is 3.74. The molecule has 1 saturated heterocycles. The lowest BCUT2D eigenvalue weighted by atomic mass is 9.97. The molecule has 1 aliphatic rings. The van der Waals surface area contributed by atoms with Crippen LogP contribution in [0.3, 0.4) is 0 Å². The maximum Gasteiger partial charge on any atom is 0.228 e. The van der Waals surface area contributed by atoms with Crippen LogP contribution in [-0.2, 0) is 4.79 Å². The second-order valence-electron chi connectivity index (χ2n) is 3.86. The molecular weight excluding hydrogens is 226 g/mol. The van der Waals surface area contributed by atoms with Crippen molar-refractivity contribution in [2.24, 2.45) is 5.92 Å². The Morgan fingerprint density at radius 3 is 2.88 bits per heavy atom. The van der Waals surface area contributed by atoms with E-state index >= 15 is 0 Å². The van der Waals surface area contributed by atoms with Crippen LogP contribution in [0.2, 0.25) is 5.15 Å². The molecule has 0 aromatic carbocycles. The summed E-state index contributed by atoms with van der Waals surface area (Å²) in [6, 6.07) is 5.19. The first kappa shape index (κ1) is 11.4. The molecule has 86 valence electrons. The Hall–Kier alpha value is -1.13. The number of aromatic nitrogens is 1. The highest BCUT2D eigenvalue weighted by Gasteiger charge is 2.20. The fourth-order valence-corrected chi connectivity index (χ4v) is 1.95. The van der Waals surface area contributed by atoms with E-state index in [0.29, 0.717) is 11.0 Å². The van der Waals surface area contributed by atoms with Gasteiger partial charge in [0.15, 0.2) is 0 Å². The van der Waals surface area contributed by atoms with Crippen LogP contribution in [0.25, 0.3) is 0 Å². The summed E-state index contributed by atoms with van der Waals surface area (Å²) in [5.74, 6) is 0.648. The molecule has 2 N–H and O–H groups in total. The molecule has 4 nitrogen and oxygen atoms in total. The maximum absolute atomic E-state index is 11.9. The van der Waals surface area contributed by atoms with E-state index in [4.69, 9.17) is 11.6 Å². The van der Waals surface area contributed by atoms with Crippen molar-refractivity contribution < 1.29 is 4.79 Å². The Labute approximate surface area is 99.4 Å². The molecule has 0 unspecified atom stereocenters. The minimum absolute atomic E-state index is 0.0382. The monoisotopic (exact) mass is 239 g/mol. The third kappa shape index (κ3) is 2.93. The molecule has 1 aromatic rings. The lowest BCUT2D eigenvalue weighted by Crippen LogP contribution is -2.34. The van der Waals surface area contributed by atoms with Gasteiger partial charge in [-0.25, -0.2) is 4.98 Å². The Balaban J connectivity index is 1.96. The maximum atomic E-state index is 11.9. The summed E-state index contributed by atoms with van der Waals surface area (Å²) in [6.45, 7) is 1.81. The zero-order valence-corrected chi connectivity index (χ0v) is 9.63. The predicted molar refractivity (Wildman–Crippen MR) is 63.5 cm³/mol. The van der Waals surface area contributed by atoms with Crippen molar-refractivity contribution in [2.75, 3.05) is 18.4 Å². The molecule has 0 aliphatic carbocycles. The van der Waals surface area contributed by atoms with Gasteiger partial charge in [0.1, 0.15) is 11.0 Å². The number of anilines is 1. The van der Waals surface area contributed by atoms with Crippen LogP contribution in [0.1, 0.15) is 12.8 Å². The summed E-state index contributed by atoms with van der Waals surface area (Å²) in [5.41, 5.74) is 0. The predicted octanol–water partition coefficient (Wildman–Crippen LogP) is 1.67. The van der Waals surface area contributed by atoms with E-state index in [1.807, 2.05) is 0 Å². The van der Waals surface area contributed by atoms with Crippen LogP contribution < -0.4 is 10.6 Å². The van der Waals surface area contributed by atoms with Gasteiger partial charge in [-0.1, -0.05) is 17.7 Å². The highest BCUT2D eigenvalue weighted by molar-refractivity contribution is 6.29. The van der Waals surface area contributed by atoms with E-state index in [1.54, 1.807) is 18.2 Å². The number of hydrogen-bond acceptors (Lipinski definition) is 3. The van der Waals surface area contributed by atoms with Gasteiger partial charge in [-0.3, -0.25) is 4.79 Å². The van der Waals surface area contributed by atoms with E-state index in [-0.39, 0.29) is 11.8 Å². The number of carbonyl (C=O) groups is 1. The number of carbonyl (C=O) groups excluding carboxylic acids is 1. The van der Waals surface area contributed by atoms with Crippen molar-refractivity contribution in [2.45, 2.75) is 12.8 Å². The fourth-order valence-electron chi connectivity index (χ4n) is 1.79. The summed E-state index contributed by atoms with van der Waals surface area (Å²) in [4.78, 5) is 15.9. The van der Waals surface area contributed by atoms with Gasteiger partial charge in [0.05, 0.1) is 0 Å². The van der Waals surface area contributed by atoms with Crippen LogP contribution in [0.5, 0.6) is 0 Å². The van der Waals surface area contributed by atoms with Crippen molar-refractivity contribution in [3.8, 4) is 0 Å². The molecule has 0 saturated carbocycles. The van der Waals surface area contributed by atoms with Crippen LogP contribution in [0, 0.1) is 5.92 Å². The zero-order valence-electron chi connectivity index (χ0n) is 8.87. The number of nitrogens with one attached hydrogen (secondary N) is 2. The summed E-state index contributed by atoms with van der Waals surface area (Å²) in [5, 5.41) is 6.41. The minimum atomic E-state index is 0.0382. The van der Waals surface area contributed by atoms with Crippen molar-refractivity contribution in [3.05, 3.63) is 23.4 Å². The highest BCUT2D eigenvalue weighted by atomic mass is 35.5. The van der Waals surface area contributed by atoms with Crippen molar-refractivity contribution in [1.29, 1.82) is 0 Å². The van der Waals surface area contributed by atoms with Crippen LogP contribution in [0.4, 0.5) is 5.82 Å². The van der Waals surface area contributed by atoms with Gasteiger partial charge >= 0.3 is 0 Å². The Bertz CT molecular complexity index is 377. The second kappa shape index (κ2) is 5.27. The fraction of sp³-hybridized carbons (Fsp3) is 0.455.